The predicted octanol–water partition coefficient (Wildman–Crippen LogP) is 3.69. The van der Waals surface area contributed by atoms with Crippen LogP contribution in [-0.2, 0) is 9.53 Å². The van der Waals surface area contributed by atoms with E-state index < -0.39 is 11.2 Å². The predicted molar refractivity (Wildman–Crippen MR) is 210 cm³/mol. The van der Waals surface area contributed by atoms with E-state index in [0.717, 1.165) is 89.4 Å². The number of allylic oxidation sites excluding steroid dienone is 1. The maximum atomic E-state index is 13.7. The maximum Gasteiger partial charge on any atom is 0.410 e. The summed E-state index contributed by atoms with van der Waals surface area (Å²) in [5, 5.41) is 30.2. The average Bonchev–Trinajstić information content (AvgIpc) is 3.40. The second-order valence-electron chi connectivity index (χ2n) is 18.6. The molecule has 54 heavy (non-hydrogen) atoms. The van der Waals surface area contributed by atoms with E-state index in [1.807, 2.05) is 37.6 Å². The van der Waals surface area contributed by atoms with Gasteiger partial charge in [0.05, 0.1) is 30.4 Å². The lowest BCUT2D eigenvalue weighted by atomic mass is 9.57. The first kappa shape index (κ1) is 38.0. The molecule has 6 atom stereocenters. The fraction of sp³-hybridized carbons (Fsp3) is 0.756. The number of benzene rings is 1. The van der Waals surface area contributed by atoms with Crippen LogP contribution in [-0.4, -0.2) is 132 Å². The Kier molecular flexibility index (Phi) is 10.7. The van der Waals surface area contributed by atoms with Crippen LogP contribution < -0.4 is 26.2 Å². The molecule has 6 heterocycles. The van der Waals surface area contributed by atoms with Gasteiger partial charge >= 0.3 is 6.09 Å². The molecule has 8 rings (SSSR count). The van der Waals surface area contributed by atoms with Crippen molar-refractivity contribution in [3.05, 3.63) is 36.4 Å². The molecule has 0 aromatic heterocycles. The average molecular weight is 748 g/mol. The molecule has 0 radical (unpaired) electrons. The van der Waals surface area contributed by atoms with Crippen molar-refractivity contribution in [2.45, 2.75) is 121 Å². The summed E-state index contributed by atoms with van der Waals surface area (Å²) in [7, 11) is 0. The Hall–Kier alpha value is -2.94. The minimum atomic E-state index is -0.793. The van der Waals surface area contributed by atoms with Gasteiger partial charge in [0, 0.05) is 69.8 Å². The summed E-state index contributed by atoms with van der Waals surface area (Å²) < 4.78 is 5.60. The number of hydrogen-bond donors (Lipinski definition) is 5. The third kappa shape index (κ3) is 8.13. The summed E-state index contributed by atoms with van der Waals surface area (Å²) in [6.07, 6.45) is 12.9. The van der Waals surface area contributed by atoms with Crippen LogP contribution in [0.2, 0.25) is 0 Å². The molecule has 13 heteroatoms. The van der Waals surface area contributed by atoms with E-state index >= 15 is 0 Å². The van der Waals surface area contributed by atoms with Crippen molar-refractivity contribution in [1.82, 2.24) is 35.8 Å². The van der Waals surface area contributed by atoms with Gasteiger partial charge in [-0.25, -0.2) is 4.79 Å². The van der Waals surface area contributed by atoms with Crippen LogP contribution in [0.5, 0.6) is 0 Å². The number of aliphatic hydroxyl groups is 1. The Labute approximate surface area is 322 Å². The van der Waals surface area contributed by atoms with Crippen LogP contribution in [0.25, 0.3) is 0 Å². The summed E-state index contributed by atoms with van der Waals surface area (Å²) in [6.45, 7) is 16.0. The van der Waals surface area contributed by atoms with E-state index in [9.17, 15) is 14.7 Å². The van der Waals surface area contributed by atoms with Gasteiger partial charge in [0.25, 0.3) is 0 Å². The van der Waals surface area contributed by atoms with Gasteiger partial charge in [-0.15, -0.1) is 0 Å². The number of likely N-dealkylation sites (tertiary alicyclic amines) is 1. The number of fused-ring (bicyclic) bond motifs is 6. The number of ether oxygens (including phenoxy) is 1. The zero-order chi connectivity index (χ0) is 37.7. The third-order valence-corrected chi connectivity index (χ3v) is 13.4. The number of nitrogens with one attached hydrogen (secondary N) is 4. The minimum Gasteiger partial charge on any atom is -0.444 e. The first-order chi connectivity index (χ1) is 25.8. The monoisotopic (exact) mass is 748 g/mol. The van der Waals surface area contributed by atoms with Crippen molar-refractivity contribution >= 4 is 23.4 Å². The van der Waals surface area contributed by atoms with Gasteiger partial charge in [-0.2, -0.15) is 5.01 Å². The molecule has 13 nitrogen and oxygen atoms in total. The van der Waals surface area contributed by atoms with Gasteiger partial charge in [-0.3, -0.25) is 30.7 Å². The van der Waals surface area contributed by atoms with Crippen molar-refractivity contribution in [1.29, 1.82) is 0 Å². The highest BCUT2D eigenvalue weighted by Gasteiger charge is 2.53. The Bertz CT molecular complexity index is 1510. The second-order valence-corrected chi connectivity index (χ2v) is 18.6. The second kappa shape index (κ2) is 15.2. The SMILES string of the molecule is CC(C)(C)OC(=O)N1CCC2(CC1)CC(CN1CCN(c3ccc(NC4NCC5C(=O)N6C/C=C\CC[C@@](C)(O)C7CCCC(N7)N6C5N4)cc3)CC1)C2. The standard InChI is InChI=1S/C41H65N9O4/c1-39(2,3)54-38(52)48-19-16-41(17-20-48)25-29(26-41)28-46-21-23-47(24-22-46)31-13-11-30(12-14-31)43-37-42-27-32-35(45-37)50-34-10-8-9-33(44-34)40(4,53)15-6-5-7-18-49(50)36(32)51/h5,7,11-14,29,32-35,37,42-45,53H,6,8-10,15-28H2,1-4H3/b7-5-/t32?,33?,34?,35?,37?,40-/m1/s1. The third-order valence-electron chi connectivity index (χ3n) is 13.4. The molecule has 6 fully saturated rings. The minimum absolute atomic E-state index is 0.00519. The number of piperidine rings is 2. The van der Waals surface area contributed by atoms with Crippen LogP contribution in [0.15, 0.2) is 36.4 Å². The van der Waals surface area contributed by atoms with E-state index in [0.29, 0.717) is 24.9 Å². The normalized spacial score (nSPS) is 34.4. The molecule has 7 aliphatic rings. The molecule has 6 aliphatic heterocycles. The molecule has 1 aliphatic carbocycles. The number of rotatable bonds is 5. The highest BCUT2D eigenvalue weighted by molar-refractivity contribution is 5.82. The lowest BCUT2D eigenvalue weighted by Gasteiger charge is -2.53. The first-order valence-corrected chi connectivity index (χ1v) is 20.9. The zero-order valence-corrected chi connectivity index (χ0v) is 33.1. The van der Waals surface area contributed by atoms with E-state index in [1.165, 1.54) is 25.1 Å². The number of anilines is 2. The van der Waals surface area contributed by atoms with Crippen LogP contribution >= 0.6 is 0 Å². The van der Waals surface area contributed by atoms with Crippen LogP contribution in [0.3, 0.4) is 0 Å². The number of carbonyl (C=O) groups is 2. The summed E-state index contributed by atoms with van der Waals surface area (Å²) in [6, 6.07) is 8.77. The fourth-order valence-electron chi connectivity index (χ4n) is 10.4. The highest BCUT2D eigenvalue weighted by atomic mass is 16.6. The van der Waals surface area contributed by atoms with Crippen molar-refractivity contribution < 1.29 is 19.4 Å². The molecule has 2 amide bonds. The molecule has 1 aromatic rings. The molecule has 5 saturated heterocycles. The molecule has 2 bridgehead atoms. The maximum absolute atomic E-state index is 13.7. The van der Waals surface area contributed by atoms with Gasteiger partial charge in [-0.05, 0) is 121 Å². The van der Waals surface area contributed by atoms with Crippen molar-refractivity contribution in [3.8, 4) is 0 Å². The van der Waals surface area contributed by atoms with E-state index in [2.05, 4.69) is 72.5 Å². The largest absolute Gasteiger partial charge is 0.444 e. The molecule has 1 aromatic carbocycles. The van der Waals surface area contributed by atoms with Crippen LogP contribution in [0, 0.1) is 17.3 Å². The van der Waals surface area contributed by atoms with E-state index in [1.54, 1.807) is 0 Å². The summed E-state index contributed by atoms with van der Waals surface area (Å²) >= 11 is 0. The molecular weight excluding hydrogens is 683 g/mol. The van der Waals surface area contributed by atoms with Gasteiger partial charge in [-0.1, -0.05) is 12.2 Å². The van der Waals surface area contributed by atoms with E-state index in [4.69, 9.17) is 4.74 Å². The van der Waals surface area contributed by atoms with Crippen molar-refractivity contribution in [3.63, 3.8) is 0 Å². The van der Waals surface area contributed by atoms with E-state index in [-0.39, 0.29) is 42.6 Å². The highest BCUT2D eigenvalue weighted by Crippen LogP contribution is 2.53. The summed E-state index contributed by atoms with van der Waals surface area (Å²) in [5.41, 5.74) is 1.49. The quantitative estimate of drug-likeness (QED) is 0.283. The lowest BCUT2D eigenvalue weighted by molar-refractivity contribution is -0.146. The van der Waals surface area contributed by atoms with Crippen LogP contribution in [0.1, 0.15) is 85.5 Å². The Morgan fingerprint density at radius 3 is 2.44 bits per heavy atom. The number of nitrogens with zero attached hydrogens (tertiary/aromatic N) is 5. The number of amides is 2. The van der Waals surface area contributed by atoms with Gasteiger partial charge < -0.3 is 25.0 Å². The molecule has 1 spiro atoms. The van der Waals surface area contributed by atoms with Crippen molar-refractivity contribution in [2.75, 3.05) is 69.1 Å². The smallest absolute Gasteiger partial charge is 0.410 e. The zero-order valence-electron chi connectivity index (χ0n) is 33.1. The Balaban J connectivity index is 0.800. The molecule has 298 valence electrons. The van der Waals surface area contributed by atoms with Gasteiger partial charge in [0.2, 0.25) is 5.91 Å². The number of hydrogen-bond acceptors (Lipinski definition) is 11. The fourth-order valence-corrected chi connectivity index (χ4v) is 10.4. The summed E-state index contributed by atoms with van der Waals surface area (Å²) in [4.78, 5) is 33.3. The molecular formula is C41H65N9O4. The Morgan fingerprint density at radius 2 is 1.72 bits per heavy atom. The van der Waals surface area contributed by atoms with Gasteiger partial charge in [0.15, 0.2) is 0 Å². The first-order valence-electron chi connectivity index (χ1n) is 20.9. The number of piperazine rings is 1. The molecule has 5 N–H and O–H groups in total. The lowest BCUT2D eigenvalue weighted by Crippen LogP contribution is -2.69. The van der Waals surface area contributed by atoms with Crippen molar-refractivity contribution in [2.24, 2.45) is 17.3 Å². The van der Waals surface area contributed by atoms with Crippen LogP contribution in [0.4, 0.5) is 16.2 Å². The van der Waals surface area contributed by atoms with Gasteiger partial charge in [0.1, 0.15) is 11.9 Å². The molecule has 1 saturated carbocycles. The Morgan fingerprint density at radius 1 is 0.981 bits per heavy atom. The topological polar surface area (TPSA) is 128 Å². The molecule has 5 unspecified atom stereocenters. The number of carbonyl (C=O) groups excluding carboxylic acids is 2. The number of hydrazine groups is 1. The summed E-state index contributed by atoms with van der Waals surface area (Å²) in [5.74, 6) is 0.734.